The second-order valence-electron chi connectivity index (χ2n) is 8.29. The molecule has 0 aliphatic rings. The Kier molecular flexibility index (Phi) is 6.09. The minimum atomic E-state index is -0.676. The molecule has 4 rings (SSSR count). The SMILES string of the molecule is CC(C)(C)OC(=O)N(Cc1ccc(-c2ccccc2)cc1)c1cc(Cl)nc2c(Cl)cnn12. The summed E-state index contributed by atoms with van der Waals surface area (Å²) in [7, 11) is 0. The maximum absolute atomic E-state index is 13.2. The summed E-state index contributed by atoms with van der Waals surface area (Å²) >= 11 is 12.4. The van der Waals surface area contributed by atoms with E-state index in [1.165, 1.54) is 15.6 Å². The van der Waals surface area contributed by atoms with Crippen LogP contribution in [0, 0.1) is 0 Å². The van der Waals surface area contributed by atoms with E-state index in [0.29, 0.717) is 16.5 Å². The van der Waals surface area contributed by atoms with Gasteiger partial charge in [-0.3, -0.25) is 4.90 Å². The molecule has 2 aromatic heterocycles. The van der Waals surface area contributed by atoms with Crippen LogP contribution in [0.4, 0.5) is 10.6 Å². The van der Waals surface area contributed by atoms with E-state index in [2.05, 4.69) is 22.2 Å². The van der Waals surface area contributed by atoms with Gasteiger partial charge in [0.1, 0.15) is 21.6 Å². The molecule has 0 saturated heterocycles. The second kappa shape index (κ2) is 8.81. The van der Waals surface area contributed by atoms with Crippen molar-refractivity contribution < 1.29 is 9.53 Å². The van der Waals surface area contributed by atoms with E-state index in [9.17, 15) is 4.79 Å². The maximum atomic E-state index is 13.2. The van der Waals surface area contributed by atoms with Crippen molar-refractivity contribution in [3.63, 3.8) is 0 Å². The molecule has 0 fully saturated rings. The normalized spacial score (nSPS) is 11.5. The van der Waals surface area contributed by atoms with Crippen molar-refractivity contribution in [3.8, 4) is 11.1 Å². The molecule has 4 aromatic rings. The molecule has 2 aromatic carbocycles. The molecule has 0 spiro atoms. The van der Waals surface area contributed by atoms with Gasteiger partial charge in [-0.1, -0.05) is 77.8 Å². The molecule has 2 heterocycles. The van der Waals surface area contributed by atoms with E-state index >= 15 is 0 Å². The summed E-state index contributed by atoms with van der Waals surface area (Å²) in [5.41, 5.74) is 2.81. The van der Waals surface area contributed by atoms with E-state index < -0.39 is 11.7 Å². The highest BCUT2D eigenvalue weighted by atomic mass is 35.5. The second-order valence-corrected chi connectivity index (χ2v) is 9.09. The molecular formula is C24H22Cl2N4O2. The van der Waals surface area contributed by atoms with Crippen molar-refractivity contribution >= 4 is 40.8 Å². The molecule has 6 nitrogen and oxygen atoms in total. The van der Waals surface area contributed by atoms with Crippen molar-refractivity contribution in [1.29, 1.82) is 0 Å². The summed E-state index contributed by atoms with van der Waals surface area (Å²) in [6.45, 7) is 5.70. The number of ether oxygens (including phenoxy) is 1. The zero-order valence-corrected chi connectivity index (χ0v) is 19.4. The molecule has 0 aliphatic carbocycles. The van der Waals surface area contributed by atoms with Gasteiger partial charge >= 0.3 is 6.09 Å². The van der Waals surface area contributed by atoms with Gasteiger partial charge in [0.15, 0.2) is 5.65 Å². The first-order chi connectivity index (χ1) is 15.2. The van der Waals surface area contributed by atoms with Gasteiger partial charge in [-0.2, -0.15) is 9.61 Å². The molecular weight excluding hydrogens is 447 g/mol. The van der Waals surface area contributed by atoms with Gasteiger partial charge in [0.2, 0.25) is 0 Å². The number of anilines is 1. The largest absolute Gasteiger partial charge is 0.443 e. The fraction of sp³-hybridized carbons (Fsp3) is 0.208. The summed E-state index contributed by atoms with van der Waals surface area (Å²) in [5.74, 6) is 0.410. The number of hydrogen-bond acceptors (Lipinski definition) is 4. The van der Waals surface area contributed by atoms with E-state index in [0.717, 1.165) is 16.7 Å². The Morgan fingerprint density at radius 1 is 1.03 bits per heavy atom. The van der Waals surface area contributed by atoms with Crippen molar-refractivity contribution in [1.82, 2.24) is 14.6 Å². The van der Waals surface area contributed by atoms with Gasteiger partial charge < -0.3 is 4.74 Å². The molecule has 0 N–H and O–H groups in total. The number of amides is 1. The number of carbonyl (C=O) groups is 1. The minimum Gasteiger partial charge on any atom is -0.443 e. The van der Waals surface area contributed by atoms with Gasteiger partial charge in [0, 0.05) is 6.07 Å². The maximum Gasteiger partial charge on any atom is 0.416 e. The highest BCUT2D eigenvalue weighted by Gasteiger charge is 2.27. The van der Waals surface area contributed by atoms with Crippen LogP contribution in [0.15, 0.2) is 66.9 Å². The number of halogens is 2. The highest BCUT2D eigenvalue weighted by molar-refractivity contribution is 6.34. The lowest BCUT2D eigenvalue weighted by molar-refractivity contribution is 0.0575. The van der Waals surface area contributed by atoms with E-state index in [-0.39, 0.29) is 11.7 Å². The molecule has 0 aliphatic heterocycles. The van der Waals surface area contributed by atoms with Crippen LogP contribution in [0.3, 0.4) is 0 Å². The van der Waals surface area contributed by atoms with Crippen LogP contribution in [0.25, 0.3) is 16.8 Å². The fourth-order valence-electron chi connectivity index (χ4n) is 3.26. The Morgan fingerprint density at radius 2 is 1.69 bits per heavy atom. The van der Waals surface area contributed by atoms with Gasteiger partial charge in [-0.15, -0.1) is 0 Å². The zero-order valence-electron chi connectivity index (χ0n) is 17.9. The fourth-order valence-corrected chi connectivity index (χ4v) is 3.60. The number of carbonyl (C=O) groups excluding carboxylic acids is 1. The Balaban J connectivity index is 1.72. The molecule has 164 valence electrons. The standard InChI is InChI=1S/C24H22Cl2N4O2/c1-24(2,3)32-23(31)29(21-13-20(26)28-22-19(25)14-27-30(21)22)15-16-9-11-18(12-10-16)17-7-5-4-6-8-17/h4-14H,15H2,1-3H3. The molecule has 0 bridgehead atoms. The monoisotopic (exact) mass is 468 g/mol. The van der Waals surface area contributed by atoms with Crippen LogP contribution in [-0.4, -0.2) is 26.3 Å². The highest BCUT2D eigenvalue weighted by Crippen LogP contribution is 2.28. The number of hydrogen-bond donors (Lipinski definition) is 0. The first-order valence-corrected chi connectivity index (χ1v) is 10.8. The van der Waals surface area contributed by atoms with E-state index in [1.54, 1.807) is 6.07 Å². The quantitative estimate of drug-likeness (QED) is 0.314. The smallest absolute Gasteiger partial charge is 0.416 e. The van der Waals surface area contributed by atoms with Crippen molar-refractivity contribution in [2.75, 3.05) is 4.90 Å². The lowest BCUT2D eigenvalue weighted by Gasteiger charge is -2.27. The van der Waals surface area contributed by atoms with Crippen molar-refractivity contribution in [2.24, 2.45) is 0 Å². The number of rotatable bonds is 4. The van der Waals surface area contributed by atoms with Crippen LogP contribution in [-0.2, 0) is 11.3 Å². The number of benzene rings is 2. The summed E-state index contributed by atoms with van der Waals surface area (Å²) < 4.78 is 7.15. The van der Waals surface area contributed by atoms with Gasteiger partial charge in [-0.25, -0.2) is 9.78 Å². The van der Waals surface area contributed by atoms with Crippen molar-refractivity contribution in [2.45, 2.75) is 32.9 Å². The van der Waals surface area contributed by atoms with E-state index in [4.69, 9.17) is 27.9 Å². The van der Waals surface area contributed by atoms with Gasteiger partial charge in [-0.05, 0) is 37.5 Å². The predicted octanol–water partition coefficient (Wildman–Crippen LogP) is 6.64. The summed E-state index contributed by atoms with van der Waals surface area (Å²) in [6, 6.07) is 19.7. The molecule has 0 saturated carbocycles. The van der Waals surface area contributed by atoms with Crippen LogP contribution in [0.5, 0.6) is 0 Å². The summed E-state index contributed by atoms with van der Waals surface area (Å²) in [6.07, 6.45) is 0.936. The first kappa shape index (κ1) is 22.1. The number of fused-ring (bicyclic) bond motifs is 1. The Bertz CT molecular complexity index is 1250. The predicted molar refractivity (Wildman–Crippen MR) is 127 cm³/mol. The van der Waals surface area contributed by atoms with Crippen LogP contribution >= 0.6 is 23.2 Å². The van der Waals surface area contributed by atoms with Gasteiger partial charge in [0.25, 0.3) is 0 Å². The third-order valence-electron chi connectivity index (χ3n) is 4.67. The first-order valence-electron chi connectivity index (χ1n) is 10.1. The van der Waals surface area contributed by atoms with Crippen molar-refractivity contribution in [3.05, 3.63) is 82.6 Å². The summed E-state index contributed by atoms with van der Waals surface area (Å²) in [4.78, 5) is 18.9. The van der Waals surface area contributed by atoms with E-state index in [1.807, 2.05) is 63.2 Å². The Morgan fingerprint density at radius 3 is 2.34 bits per heavy atom. The lowest BCUT2D eigenvalue weighted by Crippen LogP contribution is -2.37. The third-order valence-corrected chi connectivity index (χ3v) is 5.13. The molecule has 1 amide bonds. The lowest BCUT2D eigenvalue weighted by atomic mass is 10.0. The average Bonchev–Trinajstić information content (AvgIpc) is 3.12. The zero-order chi connectivity index (χ0) is 22.9. The molecule has 0 radical (unpaired) electrons. The molecule has 0 atom stereocenters. The van der Waals surface area contributed by atoms with Crippen LogP contribution < -0.4 is 4.90 Å². The number of nitrogens with zero attached hydrogens (tertiary/aromatic N) is 4. The Hall–Kier alpha value is -3.09. The summed E-state index contributed by atoms with van der Waals surface area (Å²) in [5, 5.41) is 4.80. The van der Waals surface area contributed by atoms with Crippen LogP contribution in [0.2, 0.25) is 10.2 Å². The third kappa shape index (κ3) is 4.87. The Labute approximate surface area is 196 Å². The van der Waals surface area contributed by atoms with Gasteiger partial charge in [0.05, 0.1) is 12.7 Å². The average molecular weight is 469 g/mol. The molecule has 0 unspecified atom stereocenters. The molecule has 8 heteroatoms. The topological polar surface area (TPSA) is 59.7 Å². The minimum absolute atomic E-state index is 0.197. The number of aromatic nitrogens is 3. The van der Waals surface area contributed by atoms with Crippen LogP contribution in [0.1, 0.15) is 26.3 Å². The molecule has 32 heavy (non-hydrogen) atoms.